The van der Waals surface area contributed by atoms with E-state index in [-0.39, 0.29) is 0 Å². The molecule has 0 aliphatic rings. The van der Waals surface area contributed by atoms with Gasteiger partial charge in [-0.25, -0.2) is 4.57 Å². The number of aliphatic hydroxyl groups is 1. The second-order valence-corrected chi connectivity index (χ2v) is 5.07. The maximum absolute atomic E-state index is 10.1. The molecule has 0 amide bonds. The van der Waals surface area contributed by atoms with Crippen LogP contribution in [0.1, 0.15) is 33.6 Å². The van der Waals surface area contributed by atoms with Gasteiger partial charge in [0.2, 0.25) is 0 Å². The van der Waals surface area contributed by atoms with Crippen LogP contribution in [0.5, 0.6) is 0 Å². The zero-order valence-corrected chi connectivity index (χ0v) is 10.7. The fourth-order valence-electron chi connectivity index (χ4n) is 1.36. The van der Waals surface area contributed by atoms with Crippen molar-refractivity contribution in [3.05, 3.63) is 24.3 Å². The van der Waals surface area contributed by atoms with E-state index in [0.717, 1.165) is 11.1 Å². The molecule has 0 aliphatic heterocycles. The summed E-state index contributed by atoms with van der Waals surface area (Å²) < 4.78 is 28.7. The minimum Gasteiger partial charge on any atom is -0.390 e. The van der Waals surface area contributed by atoms with E-state index in [4.69, 9.17) is 9.46 Å². The summed E-state index contributed by atoms with van der Waals surface area (Å²) in [6, 6.07) is 0. The van der Waals surface area contributed by atoms with Crippen molar-refractivity contribution in [3.8, 4) is 0 Å². The lowest BCUT2D eigenvalue weighted by molar-refractivity contribution is 0.0611. The molecule has 0 aliphatic carbocycles. The first-order chi connectivity index (χ1) is 6.83. The van der Waals surface area contributed by atoms with Crippen LogP contribution >= 0.6 is 7.99 Å². The highest BCUT2D eigenvalue weighted by Crippen LogP contribution is 2.43. The predicted molar refractivity (Wildman–Crippen MR) is 61.5 cm³/mol. The molecule has 0 aromatic carbocycles. The maximum Gasteiger partial charge on any atom is 0.549 e. The Balaban J connectivity index is 0. The Morgan fingerprint density at radius 2 is 1.44 bits per heavy atom. The van der Waals surface area contributed by atoms with E-state index in [1.54, 1.807) is 0 Å². The molecular formula is C10H19F2O3P. The van der Waals surface area contributed by atoms with Crippen LogP contribution in [0.4, 0.5) is 8.39 Å². The van der Waals surface area contributed by atoms with Gasteiger partial charge >= 0.3 is 7.99 Å². The highest BCUT2D eigenvalue weighted by atomic mass is 31.2. The van der Waals surface area contributed by atoms with Crippen molar-refractivity contribution in [1.82, 2.24) is 0 Å². The largest absolute Gasteiger partial charge is 0.549 e. The normalized spacial score (nSPS) is 11.4. The van der Waals surface area contributed by atoms with Crippen LogP contribution in [0, 0.1) is 0 Å². The van der Waals surface area contributed by atoms with E-state index >= 15 is 0 Å². The summed E-state index contributed by atoms with van der Waals surface area (Å²) in [6.45, 7) is 13.2. The van der Waals surface area contributed by atoms with Gasteiger partial charge in [0.15, 0.2) is 0 Å². The van der Waals surface area contributed by atoms with Gasteiger partial charge in [-0.05, 0) is 33.6 Å². The van der Waals surface area contributed by atoms with Gasteiger partial charge in [0.1, 0.15) is 0 Å². The monoisotopic (exact) mass is 256 g/mol. The van der Waals surface area contributed by atoms with E-state index < -0.39 is 13.6 Å². The highest BCUT2D eigenvalue weighted by molar-refractivity contribution is 7.46. The minimum atomic E-state index is -5.64. The van der Waals surface area contributed by atoms with Gasteiger partial charge < -0.3 is 5.11 Å². The van der Waals surface area contributed by atoms with Gasteiger partial charge in [0, 0.05) is 0 Å². The van der Waals surface area contributed by atoms with Gasteiger partial charge in [0.05, 0.1) is 5.60 Å². The molecule has 16 heavy (non-hydrogen) atoms. The Bertz CT molecular complexity index is 268. The predicted octanol–water partition coefficient (Wildman–Crippen LogP) is 3.70. The van der Waals surface area contributed by atoms with E-state index in [0.29, 0.717) is 12.8 Å². The molecule has 2 N–H and O–H groups in total. The van der Waals surface area contributed by atoms with Crippen LogP contribution in [0.15, 0.2) is 24.3 Å². The van der Waals surface area contributed by atoms with Gasteiger partial charge in [-0.2, -0.15) is 0 Å². The Hall–Kier alpha value is -0.510. The molecule has 0 aromatic heterocycles. The summed E-state index contributed by atoms with van der Waals surface area (Å²) in [5.74, 6) is 0. The zero-order valence-electron chi connectivity index (χ0n) is 9.83. The number of hydrogen-bond acceptors (Lipinski definition) is 2. The van der Waals surface area contributed by atoms with E-state index in [2.05, 4.69) is 13.2 Å². The van der Waals surface area contributed by atoms with Crippen LogP contribution in [0.25, 0.3) is 0 Å². The molecular weight excluding hydrogens is 237 g/mol. The van der Waals surface area contributed by atoms with Crippen LogP contribution in [-0.4, -0.2) is 15.6 Å². The molecule has 0 atom stereocenters. The topological polar surface area (TPSA) is 57.5 Å². The van der Waals surface area contributed by atoms with Crippen LogP contribution in [-0.2, 0) is 4.57 Å². The fraction of sp³-hybridized carbons (Fsp3) is 0.600. The first-order valence-electron chi connectivity index (χ1n) is 4.57. The summed E-state index contributed by atoms with van der Waals surface area (Å²) in [7, 11) is -5.64. The molecule has 3 nitrogen and oxygen atoms in total. The molecule has 0 rings (SSSR count). The SMILES string of the molecule is C=C(C)CC(C)(O)CC(=C)C.O=P(O)(F)F. The summed E-state index contributed by atoms with van der Waals surface area (Å²) in [5, 5.41) is 9.73. The fourth-order valence-corrected chi connectivity index (χ4v) is 1.36. The number of halogens is 2. The van der Waals surface area contributed by atoms with Gasteiger partial charge in [-0.1, -0.05) is 11.1 Å². The average Bonchev–Trinajstić information content (AvgIpc) is 1.72. The van der Waals surface area contributed by atoms with Gasteiger partial charge in [0.25, 0.3) is 0 Å². The summed E-state index contributed by atoms with van der Waals surface area (Å²) >= 11 is 0. The molecule has 0 saturated carbocycles. The minimum absolute atomic E-state index is 0.653. The molecule has 96 valence electrons. The molecule has 0 spiro atoms. The summed E-state index contributed by atoms with van der Waals surface area (Å²) in [5.41, 5.74) is 1.37. The lowest BCUT2D eigenvalue weighted by Crippen LogP contribution is -2.24. The number of rotatable bonds is 4. The lowest BCUT2D eigenvalue weighted by atomic mass is 9.92. The summed E-state index contributed by atoms with van der Waals surface area (Å²) in [6.07, 6.45) is 1.31. The Labute approximate surface area is 95.2 Å². The first kappa shape index (κ1) is 17.9. The van der Waals surface area contributed by atoms with Crippen molar-refractivity contribution >= 4 is 7.99 Å². The molecule has 0 fully saturated rings. The molecule has 0 radical (unpaired) electrons. The Kier molecular flexibility index (Phi) is 7.75. The second kappa shape index (κ2) is 6.94. The van der Waals surface area contributed by atoms with Crippen molar-refractivity contribution in [3.63, 3.8) is 0 Å². The molecule has 0 unspecified atom stereocenters. The molecule has 0 saturated heterocycles. The lowest BCUT2D eigenvalue weighted by Gasteiger charge is -2.23. The molecule has 6 heteroatoms. The maximum atomic E-state index is 10.1. The van der Waals surface area contributed by atoms with Crippen LogP contribution < -0.4 is 0 Å². The standard InChI is InChI=1S/C10H18O.F2HO2P/c1-8(2)6-10(5,11)7-9(3)4;1-5(2,3)4/h11H,1,3,6-7H2,2,4-5H3;(H,3,4). The van der Waals surface area contributed by atoms with Gasteiger partial charge in [-0.3, -0.25) is 4.89 Å². The van der Waals surface area contributed by atoms with Crippen LogP contribution in [0.3, 0.4) is 0 Å². The smallest absolute Gasteiger partial charge is 0.390 e. The quantitative estimate of drug-likeness (QED) is 0.595. The Morgan fingerprint density at radius 1 is 1.25 bits per heavy atom. The Morgan fingerprint density at radius 3 is 1.56 bits per heavy atom. The molecule has 0 aromatic rings. The van der Waals surface area contributed by atoms with Crippen LogP contribution in [0.2, 0.25) is 0 Å². The van der Waals surface area contributed by atoms with Crippen molar-refractivity contribution < 1.29 is 23.0 Å². The third-order valence-electron chi connectivity index (χ3n) is 1.37. The summed E-state index contributed by atoms with van der Waals surface area (Å²) in [4.78, 5) is 6.74. The van der Waals surface area contributed by atoms with Crippen molar-refractivity contribution in [2.75, 3.05) is 0 Å². The number of hydrogen-bond donors (Lipinski definition) is 2. The van der Waals surface area contributed by atoms with Gasteiger partial charge in [-0.15, -0.1) is 21.6 Å². The highest BCUT2D eigenvalue weighted by Gasteiger charge is 2.19. The third kappa shape index (κ3) is 23.4. The average molecular weight is 256 g/mol. The molecule has 0 heterocycles. The third-order valence-corrected chi connectivity index (χ3v) is 1.37. The van der Waals surface area contributed by atoms with Crippen molar-refractivity contribution in [2.45, 2.75) is 39.2 Å². The van der Waals surface area contributed by atoms with E-state index in [9.17, 15) is 13.5 Å². The second-order valence-electron chi connectivity index (χ2n) is 4.20. The van der Waals surface area contributed by atoms with Crippen molar-refractivity contribution in [1.29, 1.82) is 0 Å². The zero-order chi connectivity index (χ0) is 13.6. The first-order valence-corrected chi connectivity index (χ1v) is 6.01. The van der Waals surface area contributed by atoms with E-state index in [1.165, 1.54) is 0 Å². The van der Waals surface area contributed by atoms with Crippen molar-refractivity contribution in [2.24, 2.45) is 0 Å². The van der Waals surface area contributed by atoms with E-state index in [1.807, 2.05) is 20.8 Å². The molecule has 0 bridgehead atoms.